The van der Waals surface area contributed by atoms with Gasteiger partial charge in [-0.05, 0) is 27.8 Å². The van der Waals surface area contributed by atoms with Gasteiger partial charge in [0.15, 0.2) is 0 Å². The molecule has 1 heteroatoms. The van der Waals surface area contributed by atoms with Crippen molar-refractivity contribution in [3.05, 3.63) is 107 Å². The van der Waals surface area contributed by atoms with Gasteiger partial charge >= 0.3 is 0 Å². The minimum atomic E-state index is -0.0243. The van der Waals surface area contributed by atoms with E-state index in [-0.39, 0.29) is 6.10 Å². The van der Waals surface area contributed by atoms with Gasteiger partial charge in [-0.1, -0.05) is 84.9 Å². The summed E-state index contributed by atoms with van der Waals surface area (Å²) < 4.78 is 5.90. The summed E-state index contributed by atoms with van der Waals surface area (Å²) in [5, 5.41) is 0. The van der Waals surface area contributed by atoms with Crippen molar-refractivity contribution in [2.24, 2.45) is 0 Å². The van der Waals surface area contributed by atoms with Crippen LogP contribution in [0.25, 0.3) is 11.1 Å². The molecule has 0 fully saturated rings. The molecule has 3 aromatic carbocycles. The Morgan fingerprint density at radius 2 is 1.22 bits per heavy atom. The lowest BCUT2D eigenvalue weighted by molar-refractivity contribution is 0.152. The first-order valence-corrected chi connectivity index (χ1v) is 7.87. The van der Waals surface area contributed by atoms with Crippen molar-refractivity contribution in [3.8, 4) is 0 Å². The van der Waals surface area contributed by atoms with Crippen molar-refractivity contribution in [2.75, 3.05) is 7.11 Å². The van der Waals surface area contributed by atoms with Crippen molar-refractivity contribution < 1.29 is 4.74 Å². The van der Waals surface area contributed by atoms with E-state index in [9.17, 15) is 0 Å². The van der Waals surface area contributed by atoms with Crippen LogP contribution in [0.1, 0.15) is 28.4 Å². The van der Waals surface area contributed by atoms with Crippen molar-refractivity contribution >= 4 is 11.1 Å². The number of rotatable bonds is 3. The van der Waals surface area contributed by atoms with E-state index in [0.29, 0.717) is 0 Å². The molecule has 112 valence electrons. The number of hydrogen-bond acceptors (Lipinski definition) is 1. The molecule has 0 radical (unpaired) electrons. The van der Waals surface area contributed by atoms with Crippen LogP contribution < -0.4 is 0 Å². The molecule has 0 N–H and O–H groups in total. The molecule has 0 amide bonds. The molecule has 1 unspecified atom stereocenters. The van der Waals surface area contributed by atoms with Crippen LogP contribution in [0.5, 0.6) is 0 Å². The Morgan fingerprint density at radius 3 is 1.87 bits per heavy atom. The van der Waals surface area contributed by atoms with Crippen molar-refractivity contribution in [2.45, 2.75) is 6.10 Å². The summed E-state index contributed by atoms with van der Waals surface area (Å²) in [6.45, 7) is 0. The van der Waals surface area contributed by atoms with Gasteiger partial charge < -0.3 is 4.74 Å². The third-order valence-electron chi connectivity index (χ3n) is 4.43. The molecule has 1 nitrogen and oxygen atoms in total. The van der Waals surface area contributed by atoms with Crippen molar-refractivity contribution in [1.29, 1.82) is 0 Å². The maximum Gasteiger partial charge on any atom is 0.109 e. The normalized spacial score (nSPS) is 16.5. The van der Waals surface area contributed by atoms with Gasteiger partial charge in [-0.15, -0.1) is 0 Å². The summed E-state index contributed by atoms with van der Waals surface area (Å²) >= 11 is 0. The molecule has 1 aliphatic carbocycles. The third kappa shape index (κ3) is 2.30. The molecule has 0 spiro atoms. The largest absolute Gasteiger partial charge is 0.372 e. The molecular weight excluding hydrogens is 280 g/mol. The predicted octanol–water partition coefficient (Wildman–Crippen LogP) is 5.35. The van der Waals surface area contributed by atoms with E-state index >= 15 is 0 Å². The number of fused-ring (bicyclic) bond motifs is 1. The molecule has 1 aliphatic rings. The molecule has 0 saturated heterocycles. The number of hydrogen-bond donors (Lipinski definition) is 0. The fraction of sp³-hybridized carbons (Fsp3) is 0.0909. The average molecular weight is 298 g/mol. The molecular formula is C22H18O. The average Bonchev–Trinajstić information content (AvgIpc) is 2.97. The monoisotopic (exact) mass is 298 g/mol. The fourth-order valence-electron chi connectivity index (χ4n) is 3.46. The first kappa shape index (κ1) is 14.0. The Bertz CT molecular complexity index is 847. The molecule has 3 aromatic rings. The quantitative estimate of drug-likeness (QED) is 0.633. The Morgan fingerprint density at radius 1 is 0.652 bits per heavy atom. The molecule has 0 saturated carbocycles. The molecule has 0 heterocycles. The lowest BCUT2D eigenvalue weighted by Gasteiger charge is -2.16. The Labute approximate surface area is 136 Å². The van der Waals surface area contributed by atoms with Crippen LogP contribution in [-0.2, 0) is 4.74 Å². The number of methoxy groups -OCH3 is 1. The van der Waals surface area contributed by atoms with Crippen LogP contribution in [0.15, 0.2) is 84.9 Å². The summed E-state index contributed by atoms with van der Waals surface area (Å²) in [5.74, 6) is 0. The standard InChI is InChI=1S/C22H18O/c1-23-22-19-15-9-8-14-18(19)20(16-10-4-2-5-11-16)21(22)17-12-6-3-7-13-17/h2-15,22H,1H3. The van der Waals surface area contributed by atoms with E-state index in [0.717, 1.165) is 0 Å². The summed E-state index contributed by atoms with van der Waals surface area (Å²) in [6.07, 6.45) is -0.0243. The smallest absolute Gasteiger partial charge is 0.109 e. The SMILES string of the molecule is COC1C(c2ccccc2)=C(c2ccccc2)c2ccccc21. The van der Waals surface area contributed by atoms with E-state index in [4.69, 9.17) is 4.74 Å². The first-order chi connectivity index (χ1) is 11.4. The van der Waals surface area contributed by atoms with E-state index in [1.54, 1.807) is 7.11 Å². The van der Waals surface area contributed by atoms with Gasteiger partial charge in [-0.2, -0.15) is 0 Å². The lowest BCUT2D eigenvalue weighted by Crippen LogP contribution is -2.01. The summed E-state index contributed by atoms with van der Waals surface area (Å²) in [7, 11) is 1.79. The zero-order valence-corrected chi connectivity index (χ0v) is 13.1. The molecule has 0 bridgehead atoms. The van der Waals surface area contributed by atoms with E-state index < -0.39 is 0 Å². The molecule has 4 rings (SSSR count). The summed E-state index contributed by atoms with van der Waals surface area (Å²) in [6, 6.07) is 29.7. The van der Waals surface area contributed by atoms with Crippen molar-refractivity contribution in [3.63, 3.8) is 0 Å². The van der Waals surface area contributed by atoms with Crippen LogP contribution in [-0.4, -0.2) is 7.11 Å². The second-order valence-corrected chi connectivity index (χ2v) is 5.72. The molecule has 0 aromatic heterocycles. The highest BCUT2D eigenvalue weighted by molar-refractivity contribution is 6.05. The van der Waals surface area contributed by atoms with E-state index in [1.165, 1.54) is 33.4 Å². The van der Waals surface area contributed by atoms with Gasteiger partial charge in [0, 0.05) is 12.7 Å². The molecule has 23 heavy (non-hydrogen) atoms. The zero-order chi connectivity index (χ0) is 15.6. The molecule has 0 aliphatic heterocycles. The Hall–Kier alpha value is -2.64. The van der Waals surface area contributed by atoms with E-state index in [2.05, 4.69) is 84.9 Å². The van der Waals surface area contributed by atoms with Crippen LogP contribution in [0.3, 0.4) is 0 Å². The highest BCUT2D eigenvalue weighted by Crippen LogP contribution is 2.49. The first-order valence-electron chi connectivity index (χ1n) is 7.87. The number of ether oxygens (including phenoxy) is 1. The van der Waals surface area contributed by atoms with Crippen LogP contribution in [0.4, 0.5) is 0 Å². The fourth-order valence-corrected chi connectivity index (χ4v) is 3.46. The summed E-state index contributed by atoms with van der Waals surface area (Å²) in [4.78, 5) is 0. The lowest BCUT2D eigenvalue weighted by atomic mass is 9.94. The van der Waals surface area contributed by atoms with Gasteiger partial charge in [-0.3, -0.25) is 0 Å². The van der Waals surface area contributed by atoms with Gasteiger partial charge in [0.1, 0.15) is 6.10 Å². The second kappa shape index (κ2) is 5.86. The maximum atomic E-state index is 5.90. The van der Waals surface area contributed by atoms with Crippen LogP contribution >= 0.6 is 0 Å². The van der Waals surface area contributed by atoms with Gasteiger partial charge in [0.05, 0.1) is 0 Å². The van der Waals surface area contributed by atoms with Crippen molar-refractivity contribution in [1.82, 2.24) is 0 Å². The topological polar surface area (TPSA) is 9.23 Å². The molecule has 1 atom stereocenters. The Kier molecular flexibility index (Phi) is 3.57. The van der Waals surface area contributed by atoms with Gasteiger partial charge in [0.2, 0.25) is 0 Å². The second-order valence-electron chi connectivity index (χ2n) is 5.72. The highest BCUT2D eigenvalue weighted by atomic mass is 16.5. The third-order valence-corrected chi connectivity index (χ3v) is 4.43. The highest BCUT2D eigenvalue weighted by Gasteiger charge is 2.32. The Balaban J connectivity index is 2.03. The van der Waals surface area contributed by atoms with Gasteiger partial charge in [-0.25, -0.2) is 0 Å². The summed E-state index contributed by atoms with van der Waals surface area (Å²) in [5.41, 5.74) is 7.49. The van der Waals surface area contributed by atoms with Crippen LogP contribution in [0.2, 0.25) is 0 Å². The van der Waals surface area contributed by atoms with E-state index in [1.807, 2.05) is 0 Å². The maximum absolute atomic E-state index is 5.90. The van der Waals surface area contributed by atoms with Crippen LogP contribution in [0, 0.1) is 0 Å². The minimum Gasteiger partial charge on any atom is -0.372 e. The minimum absolute atomic E-state index is 0.0243. The predicted molar refractivity (Wildman–Crippen MR) is 95.0 cm³/mol. The van der Waals surface area contributed by atoms with Gasteiger partial charge in [0.25, 0.3) is 0 Å². The zero-order valence-electron chi connectivity index (χ0n) is 13.1. The number of benzene rings is 3.